The molecule has 0 radical (unpaired) electrons. The molecule has 5 heteroatoms. The van der Waals surface area contributed by atoms with Crippen LogP contribution in [0.5, 0.6) is 0 Å². The van der Waals surface area contributed by atoms with Crippen molar-refractivity contribution < 1.29 is 13.2 Å². The number of nitrogens with one attached hydrogen (secondary N) is 1. The minimum absolute atomic E-state index is 0.0524. The molecular weight excluding hydrogens is 283 g/mol. The van der Waals surface area contributed by atoms with Crippen LogP contribution in [-0.4, -0.2) is 6.54 Å². The van der Waals surface area contributed by atoms with Gasteiger partial charge in [-0.1, -0.05) is 28.1 Å². The van der Waals surface area contributed by atoms with E-state index in [9.17, 15) is 13.2 Å². The van der Waals surface area contributed by atoms with E-state index in [-0.39, 0.29) is 4.47 Å². The summed E-state index contributed by atoms with van der Waals surface area (Å²) in [6.45, 7) is 2.36. The number of rotatable bonds is 3. The highest BCUT2D eigenvalue weighted by molar-refractivity contribution is 9.10. The molecule has 1 N–H and O–H groups in total. The lowest BCUT2D eigenvalue weighted by Gasteiger charge is -2.11. The highest BCUT2D eigenvalue weighted by atomic mass is 79.9. The lowest BCUT2D eigenvalue weighted by Crippen LogP contribution is -2.07. The molecule has 1 aromatic carbocycles. The summed E-state index contributed by atoms with van der Waals surface area (Å²) in [4.78, 5) is 0. The highest BCUT2D eigenvalue weighted by Gasteiger charge is 2.33. The van der Waals surface area contributed by atoms with Gasteiger partial charge in [0, 0.05) is 16.7 Å². The molecule has 0 aliphatic rings. The van der Waals surface area contributed by atoms with E-state index < -0.39 is 11.7 Å². The average molecular weight is 294 g/mol. The van der Waals surface area contributed by atoms with E-state index in [0.29, 0.717) is 12.2 Å². The predicted molar refractivity (Wildman–Crippen MR) is 62.4 cm³/mol. The number of allylic oxidation sites excluding steroid dienone is 1. The van der Waals surface area contributed by atoms with Gasteiger partial charge < -0.3 is 5.32 Å². The minimum Gasteiger partial charge on any atom is -0.382 e. The Morgan fingerprint density at radius 3 is 2.62 bits per heavy atom. The molecule has 1 nitrogen and oxygen atoms in total. The van der Waals surface area contributed by atoms with Gasteiger partial charge in [0.2, 0.25) is 0 Å². The third-order valence-electron chi connectivity index (χ3n) is 1.93. The van der Waals surface area contributed by atoms with Crippen molar-refractivity contribution in [2.45, 2.75) is 13.1 Å². The molecule has 0 atom stereocenters. The zero-order chi connectivity index (χ0) is 12.2. The molecular formula is C11H11BrF3N. The summed E-state index contributed by atoms with van der Waals surface area (Å²) in [5.41, 5.74) is -0.216. The van der Waals surface area contributed by atoms with Gasteiger partial charge >= 0.3 is 6.18 Å². The van der Waals surface area contributed by atoms with Crippen molar-refractivity contribution in [2.24, 2.45) is 0 Å². The molecule has 0 spiro atoms. The number of halogens is 4. The van der Waals surface area contributed by atoms with Crippen LogP contribution in [0.15, 0.2) is 34.8 Å². The summed E-state index contributed by atoms with van der Waals surface area (Å²) < 4.78 is 37.7. The Morgan fingerprint density at radius 2 is 2.06 bits per heavy atom. The third kappa shape index (κ3) is 3.56. The molecule has 0 aliphatic carbocycles. The normalized spacial score (nSPS) is 12.1. The number of benzene rings is 1. The van der Waals surface area contributed by atoms with E-state index in [2.05, 4.69) is 21.2 Å². The van der Waals surface area contributed by atoms with Crippen LogP contribution in [0, 0.1) is 0 Å². The molecule has 0 heterocycles. The van der Waals surface area contributed by atoms with Crippen molar-refractivity contribution in [1.29, 1.82) is 0 Å². The van der Waals surface area contributed by atoms with E-state index in [0.717, 1.165) is 6.07 Å². The van der Waals surface area contributed by atoms with Crippen LogP contribution in [0.4, 0.5) is 18.9 Å². The fourth-order valence-corrected chi connectivity index (χ4v) is 1.62. The largest absolute Gasteiger partial charge is 0.417 e. The second-order valence-corrected chi connectivity index (χ2v) is 4.00. The maximum Gasteiger partial charge on any atom is 0.417 e. The van der Waals surface area contributed by atoms with Crippen molar-refractivity contribution >= 4 is 21.6 Å². The molecule has 0 saturated heterocycles. The summed E-state index contributed by atoms with van der Waals surface area (Å²) in [6.07, 6.45) is -0.678. The van der Waals surface area contributed by atoms with Crippen molar-refractivity contribution in [3.05, 3.63) is 40.4 Å². The molecule has 0 unspecified atom stereocenters. The fraction of sp³-hybridized carbons (Fsp3) is 0.273. The van der Waals surface area contributed by atoms with E-state index in [1.807, 2.05) is 19.1 Å². The van der Waals surface area contributed by atoms with Gasteiger partial charge in [-0.05, 0) is 25.1 Å². The molecule has 0 saturated carbocycles. The van der Waals surface area contributed by atoms with Crippen LogP contribution in [0.3, 0.4) is 0 Å². The number of alkyl halides is 3. The smallest absolute Gasteiger partial charge is 0.382 e. The zero-order valence-corrected chi connectivity index (χ0v) is 10.2. The molecule has 0 aromatic heterocycles. The maximum absolute atomic E-state index is 12.5. The van der Waals surface area contributed by atoms with Crippen molar-refractivity contribution in [2.75, 3.05) is 11.9 Å². The van der Waals surface area contributed by atoms with Gasteiger partial charge in [-0.3, -0.25) is 0 Å². The van der Waals surface area contributed by atoms with E-state index in [1.165, 1.54) is 6.07 Å². The predicted octanol–water partition coefficient (Wildman–Crippen LogP) is 4.46. The number of hydrogen-bond donors (Lipinski definition) is 1. The first-order chi connectivity index (χ1) is 7.45. The number of anilines is 1. The maximum atomic E-state index is 12.5. The zero-order valence-electron chi connectivity index (χ0n) is 8.61. The van der Waals surface area contributed by atoms with Gasteiger partial charge in [0.1, 0.15) is 0 Å². The molecule has 0 aliphatic heterocycles. The van der Waals surface area contributed by atoms with E-state index in [1.54, 1.807) is 6.07 Å². The minimum atomic E-state index is -4.34. The lowest BCUT2D eigenvalue weighted by molar-refractivity contribution is -0.138. The van der Waals surface area contributed by atoms with Crippen LogP contribution in [0.25, 0.3) is 0 Å². The summed E-state index contributed by atoms with van der Waals surface area (Å²) in [6, 6.07) is 4.08. The van der Waals surface area contributed by atoms with Gasteiger partial charge in [0.05, 0.1) is 5.56 Å². The summed E-state index contributed by atoms with van der Waals surface area (Å²) in [5, 5.41) is 2.88. The van der Waals surface area contributed by atoms with Crippen LogP contribution in [0.1, 0.15) is 12.5 Å². The molecule has 0 fully saturated rings. The fourth-order valence-electron chi connectivity index (χ4n) is 1.15. The summed E-state index contributed by atoms with van der Waals surface area (Å²) >= 11 is 2.89. The first-order valence-corrected chi connectivity index (χ1v) is 5.46. The lowest BCUT2D eigenvalue weighted by atomic mass is 10.2. The Morgan fingerprint density at radius 1 is 1.38 bits per heavy atom. The third-order valence-corrected chi connectivity index (χ3v) is 2.62. The molecule has 88 valence electrons. The quantitative estimate of drug-likeness (QED) is 0.812. The summed E-state index contributed by atoms with van der Waals surface area (Å²) in [7, 11) is 0. The highest BCUT2D eigenvalue weighted by Crippen LogP contribution is 2.36. The summed E-state index contributed by atoms with van der Waals surface area (Å²) in [5.74, 6) is 0. The van der Waals surface area contributed by atoms with Crippen LogP contribution in [0.2, 0.25) is 0 Å². The van der Waals surface area contributed by atoms with Gasteiger partial charge in [0.25, 0.3) is 0 Å². The van der Waals surface area contributed by atoms with Gasteiger partial charge in [-0.25, -0.2) is 0 Å². The first-order valence-electron chi connectivity index (χ1n) is 4.67. The second kappa shape index (κ2) is 5.39. The molecule has 1 rings (SSSR count). The standard InChI is InChI=1S/C11H11BrF3N/c1-2-3-6-16-8-4-5-10(12)9(7-8)11(13,14)15/h2-5,7,16H,6H2,1H3/b3-2+. The van der Waals surface area contributed by atoms with Gasteiger partial charge in [-0.2, -0.15) is 13.2 Å². The monoisotopic (exact) mass is 293 g/mol. The molecule has 0 amide bonds. The van der Waals surface area contributed by atoms with Crippen molar-refractivity contribution in [3.63, 3.8) is 0 Å². The van der Waals surface area contributed by atoms with Crippen molar-refractivity contribution in [3.8, 4) is 0 Å². The van der Waals surface area contributed by atoms with Crippen molar-refractivity contribution in [1.82, 2.24) is 0 Å². The van der Waals surface area contributed by atoms with Crippen LogP contribution in [-0.2, 0) is 6.18 Å². The Hall–Kier alpha value is -0.970. The van der Waals surface area contributed by atoms with Gasteiger partial charge in [-0.15, -0.1) is 0 Å². The Bertz CT molecular complexity index is 385. The Labute approximate surface area is 100 Å². The van der Waals surface area contributed by atoms with Crippen LogP contribution < -0.4 is 5.32 Å². The Balaban J connectivity index is 2.90. The first kappa shape index (κ1) is 13.1. The SMILES string of the molecule is C/C=C/CNc1ccc(Br)c(C(F)(F)F)c1. The van der Waals surface area contributed by atoms with E-state index >= 15 is 0 Å². The molecule has 16 heavy (non-hydrogen) atoms. The molecule has 1 aromatic rings. The molecule has 0 bridgehead atoms. The van der Waals surface area contributed by atoms with Gasteiger partial charge in [0.15, 0.2) is 0 Å². The second-order valence-electron chi connectivity index (χ2n) is 3.14. The van der Waals surface area contributed by atoms with Crippen LogP contribution >= 0.6 is 15.9 Å². The Kier molecular flexibility index (Phi) is 4.41. The number of hydrogen-bond acceptors (Lipinski definition) is 1. The average Bonchev–Trinajstić information content (AvgIpc) is 2.19. The van der Waals surface area contributed by atoms with E-state index in [4.69, 9.17) is 0 Å². The topological polar surface area (TPSA) is 12.0 Å².